The second kappa shape index (κ2) is 7.89. The first-order valence-corrected chi connectivity index (χ1v) is 6.51. The first kappa shape index (κ1) is 15.6. The van der Waals surface area contributed by atoms with Gasteiger partial charge in [-0.15, -0.1) is 0 Å². The lowest BCUT2D eigenvalue weighted by Gasteiger charge is -2.22. The van der Waals surface area contributed by atoms with Crippen molar-refractivity contribution in [2.24, 2.45) is 11.8 Å². The zero-order valence-corrected chi connectivity index (χ0v) is 12.0. The molecule has 19 heavy (non-hydrogen) atoms. The summed E-state index contributed by atoms with van der Waals surface area (Å²) in [5.41, 5.74) is 3.89. The van der Waals surface area contributed by atoms with Crippen LogP contribution < -0.4 is 11.3 Å². The Balaban J connectivity index is 2.32. The summed E-state index contributed by atoms with van der Waals surface area (Å²) in [6.07, 6.45) is 0. The van der Waals surface area contributed by atoms with Crippen LogP contribution in [0.3, 0.4) is 0 Å². The average Bonchev–Trinajstić information content (AvgIpc) is 2.28. The monoisotopic (exact) mass is 264 g/mol. The molecule has 5 heteroatoms. The Morgan fingerprint density at radius 1 is 1.32 bits per heavy atom. The van der Waals surface area contributed by atoms with Crippen LogP contribution in [-0.4, -0.2) is 36.1 Å². The van der Waals surface area contributed by atoms with Crippen molar-refractivity contribution in [2.75, 3.05) is 20.1 Å². The number of carbonyl (C=O) groups is 1. The maximum absolute atomic E-state index is 11.8. The van der Waals surface area contributed by atoms with Gasteiger partial charge in [0, 0.05) is 20.1 Å². The lowest BCUT2D eigenvalue weighted by Crippen LogP contribution is -2.47. The Labute approximate surface area is 115 Å². The van der Waals surface area contributed by atoms with Crippen molar-refractivity contribution in [3.63, 3.8) is 0 Å². The van der Waals surface area contributed by atoms with Crippen LogP contribution in [0.15, 0.2) is 30.3 Å². The Morgan fingerprint density at radius 3 is 2.53 bits per heavy atom. The van der Waals surface area contributed by atoms with Gasteiger partial charge in [-0.3, -0.25) is 16.1 Å². The second-order valence-electron chi connectivity index (χ2n) is 5.20. The third kappa shape index (κ3) is 6.91. The molecule has 1 amide bonds. The molecule has 3 N–H and O–H groups in total. The molecule has 1 aromatic rings. The number of hydrogen-bond donors (Lipinski definition) is 2. The molecule has 106 valence electrons. The van der Waals surface area contributed by atoms with Crippen LogP contribution >= 0.6 is 0 Å². The van der Waals surface area contributed by atoms with Gasteiger partial charge in [-0.1, -0.05) is 44.2 Å². The first-order valence-electron chi connectivity index (χ1n) is 6.51. The van der Waals surface area contributed by atoms with Crippen LogP contribution in [-0.2, 0) is 11.3 Å². The maximum atomic E-state index is 11.8. The molecule has 1 rings (SSSR count). The molecule has 0 aliphatic carbocycles. The zero-order valence-electron chi connectivity index (χ0n) is 12.0. The second-order valence-corrected chi connectivity index (χ2v) is 5.20. The van der Waals surface area contributed by atoms with E-state index in [2.05, 4.69) is 19.3 Å². The van der Waals surface area contributed by atoms with E-state index in [-0.39, 0.29) is 12.5 Å². The predicted molar refractivity (Wildman–Crippen MR) is 76.7 cm³/mol. The molecule has 1 aromatic carbocycles. The van der Waals surface area contributed by atoms with Crippen molar-refractivity contribution in [3.8, 4) is 0 Å². The molecular formula is C14H24N4O. The van der Waals surface area contributed by atoms with Crippen molar-refractivity contribution >= 4 is 5.91 Å². The third-order valence-electron chi connectivity index (χ3n) is 2.53. The van der Waals surface area contributed by atoms with E-state index >= 15 is 0 Å². The molecule has 0 saturated heterocycles. The van der Waals surface area contributed by atoms with E-state index in [9.17, 15) is 4.79 Å². The van der Waals surface area contributed by atoms with Crippen molar-refractivity contribution in [3.05, 3.63) is 35.9 Å². The summed E-state index contributed by atoms with van der Waals surface area (Å²) in [6.45, 7) is 5.76. The molecule has 0 spiro atoms. The summed E-state index contributed by atoms with van der Waals surface area (Å²) in [6, 6.07) is 9.85. The van der Waals surface area contributed by atoms with Gasteiger partial charge in [0.25, 0.3) is 0 Å². The standard InChI is InChI=1S/C14H24N4O/c1-12(2)9-17(3)16-14(19)11-18(15)10-13-7-5-4-6-8-13/h4-8,12H,9-11,15H2,1-3H3,(H,16,19). The zero-order chi connectivity index (χ0) is 14.3. The molecule has 0 bridgehead atoms. The number of benzene rings is 1. The lowest BCUT2D eigenvalue weighted by atomic mass is 10.2. The highest BCUT2D eigenvalue weighted by atomic mass is 16.2. The van der Waals surface area contributed by atoms with Gasteiger partial charge >= 0.3 is 0 Å². The molecule has 0 atom stereocenters. The highest BCUT2D eigenvalue weighted by molar-refractivity contribution is 5.77. The van der Waals surface area contributed by atoms with Gasteiger partial charge in [-0.05, 0) is 11.5 Å². The number of rotatable bonds is 7. The maximum Gasteiger partial charge on any atom is 0.249 e. The van der Waals surface area contributed by atoms with Crippen LogP contribution in [0.4, 0.5) is 0 Å². The Bertz CT molecular complexity index is 380. The SMILES string of the molecule is CC(C)CN(C)NC(=O)CN(N)Cc1ccccc1. The minimum Gasteiger partial charge on any atom is -0.288 e. The minimum absolute atomic E-state index is 0.0958. The van der Waals surface area contributed by atoms with Crippen LogP contribution in [0.1, 0.15) is 19.4 Å². The van der Waals surface area contributed by atoms with Crippen molar-refractivity contribution in [2.45, 2.75) is 20.4 Å². The van der Waals surface area contributed by atoms with Crippen molar-refractivity contribution in [1.82, 2.24) is 15.4 Å². The number of amides is 1. The summed E-state index contributed by atoms with van der Waals surface area (Å²) < 4.78 is 0. The molecule has 0 saturated carbocycles. The number of nitrogens with zero attached hydrogens (tertiary/aromatic N) is 2. The average molecular weight is 264 g/mol. The summed E-state index contributed by atoms with van der Waals surface area (Å²) in [7, 11) is 1.86. The van der Waals surface area contributed by atoms with E-state index in [0.29, 0.717) is 12.5 Å². The Kier molecular flexibility index (Phi) is 6.49. The number of carbonyl (C=O) groups excluding carboxylic acids is 1. The number of hydrazine groups is 2. The molecule has 5 nitrogen and oxygen atoms in total. The third-order valence-corrected chi connectivity index (χ3v) is 2.53. The molecule has 0 aliphatic rings. The van der Waals surface area contributed by atoms with Crippen molar-refractivity contribution < 1.29 is 4.79 Å². The molecule has 0 unspecified atom stereocenters. The van der Waals surface area contributed by atoms with E-state index < -0.39 is 0 Å². The number of nitrogens with two attached hydrogens (primary N) is 1. The molecule has 0 fully saturated rings. The van der Waals surface area contributed by atoms with Gasteiger partial charge in [0.2, 0.25) is 5.91 Å². The smallest absolute Gasteiger partial charge is 0.249 e. The molecule has 0 aliphatic heterocycles. The summed E-state index contributed by atoms with van der Waals surface area (Å²) in [5, 5.41) is 3.30. The van der Waals surface area contributed by atoms with Gasteiger partial charge in [0.15, 0.2) is 0 Å². The van der Waals surface area contributed by atoms with Crippen LogP contribution in [0.2, 0.25) is 0 Å². The number of nitrogens with one attached hydrogen (secondary N) is 1. The summed E-state index contributed by atoms with van der Waals surface area (Å²) >= 11 is 0. The van der Waals surface area contributed by atoms with Gasteiger partial charge in [-0.2, -0.15) is 0 Å². The van der Waals surface area contributed by atoms with Crippen LogP contribution in [0.5, 0.6) is 0 Å². The topological polar surface area (TPSA) is 61.6 Å². The molecule has 0 aromatic heterocycles. The number of hydrogen-bond acceptors (Lipinski definition) is 4. The highest BCUT2D eigenvalue weighted by Crippen LogP contribution is 2.00. The van der Waals surface area contributed by atoms with E-state index in [4.69, 9.17) is 5.84 Å². The largest absolute Gasteiger partial charge is 0.288 e. The molecule has 0 heterocycles. The lowest BCUT2D eigenvalue weighted by molar-refractivity contribution is -0.126. The van der Waals surface area contributed by atoms with Crippen LogP contribution in [0, 0.1) is 5.92 Å². The summed E-state index contributed by atoms with van der Waals surface area (Å²) in [4.78, 5) is 11.8. The minimum atomic E-state index is -0.0958. The fourth-order valence-corrected chi connectivity index (χ4v) is 1.90. The summed E-state index contributed by atoms with van der Waals surface area (Å²) in [5.74, 6) is 6.25. The van der Waals surface area contributed by atoms with Gasteiger partial charge in [-0.25, -0.2) is 10.0 Å². The van der Waals surface area contributed by atoms with E-state index in [1.165, 1.54) is 5.01 Å². The Hall–Kier alpha value is -1.43. The van der Waals surface area contributed by atoms with E-state index in [1.807, 2.05) is 37.4 Å². The first-order chi connectivity index (χ1) is 8.97. The molecule has 0 radical (unpaired) electrons. The van der Waals surface area contributed by atoms with E-state index in [0.717, 1.165) is 12.1 Å². The predicted octanol–water partition coefficient (Wildman–Crippen LogP) is 0.981. The quantitative estimate of drug-likeness (QED) is 0.569. The van der Waals surface area contributed by atoms with E-state index in [1.54, 1.807) is 5.01 Å². The van der Waals surface area contributed by atoms with Gasteiger partial charge in [0.1, 0.15) is 0 Å². The normalized spacial score (nSPS) is 11.3. The fourth-order valence-electron chi connectivity index (χ4n) is 1.90. The highest BCUT2D eigenvalue weighted by Gasteiger charge is 2.10. The van der Waals surface area contributed by atoms with Crippen molar-refractivity contribution in [1.29, 1.82) is 0 Å². The fraction of sp³-hybridized carbons (Fsp3) is 0.500. The van der Waals surface area contributed by atoms with Gasteiger partial charge < -0.3 is 0 Å². The van der Waals surface area contributed by atoms with Crippen LogP contribution in [0.25, 0.3) is 0 Å². The molecular weight excluding hydrogens is 240 g/mol. The van der Waals surface area contributed by atoms with Gasteiger partial charge in [0.05, 0.1) is 6.54 Å². The Morgan fingerprint density at radius 2 is 1.95 bits per heavy atom.